The molecule has 0 N–H and O–H groups in total. The average Bonchev–Trinajstić information content (AvgIpc) is 3.74. The van der Waals surface area contributed by atoms with E-state index in [1.165, 1.54) is 27.2 Å². The fraction of sp³-hybridized carbons (Fsp3) is 0.565. The number of carbonyl (C=O) groups excluding carboxylic acids is 2. The van der Waals surface area contributed by atoms with E-state index in [4.69, 9.17) is 4.74 Å². The zero-order valence-corrected chi connectivity index (χ0v) is 19.6. The van der Waals surface area contributed by atoms with Gasteiger partial charge in [0.25, 0.3) is 0 Å². The number of likely N-dealkylation sites (N-methyl/N-ethyl adjacent to an activating group) is 1. The fourth-order valence-corrected chi connectivity index (χ4v) is 4.95. The number of anilines is 1. The topological polar surface area (TPSA) is 84.9 Å². The summed E-state index contributed by atoms with van der Waals surface area (Å²) in [4.78, 5) is 28.4. The molecule has 182 valence electrons. The maximum absolute atomic E-state index is 12.8. The largest absolute Gasteiger partial charge is 0.489 e. The highest BCUT2D eigenvalue weighted by atomic mass is 32.1. The van der Waals surface area contributed by atoms with Gasteiger partial charge in [-0.15, -0.1) is 10.2 Å². The number of likely N-dealkylation sites (tertiary alicyclic amines) is 1. The molecule has 3 fully saturated rings. The zero-order valence-electron chi connectivity index (χ0n) is 18.8. The van der Waals surface area contributed by atoms with E-state index in [1.54, 1.807) is 19.2 Å². The van der Waals surface area contributed by atoms with Crippen molar-refractivity contribution in [3.05, 3.63) is 28.8 Å². The molecule has 2 aliphatic carbocycles. The van der Waals surface area contributed by atoms with Crippen molar-refractivity contribution in [1.29, 1.82) is 0 Å². The molecule has 2 aromatic rings. The van der Waals surface area contributed by atoms with Crippen LogP contribution < -0.4 is 14.4 Å². The van der Waals surface area contributed by atoms with Gasteiger partial charge in [0.1, 0.15) is 11.6 Å². The predicted octanol–water partition coefficient (Wildman–Crippen LogP) is 3.78. The Morgan fingerprint density at radius 3 is 2.71 bits per heavy atom. The molecule has 34 heavy (non-hydrogen) atoms. The number of rotatable bonds is 10. The first-order valence-corrected chi connectivity index (χ1v) is 12.3. The molecule has 2 amide bonds. The van der Waals surface area contributed by atoms with E-state index in [0.29, 0.717) is 30.1 Å². The first kappa shape index (κ1) is 22.9. The molecule has 1 aliphatic heterocycles. The molecule has 2 heterocycles. The molecule has 1 atom stereocenters. The van der Waals surface area contributed by atoms with Gasteiger partial charge in [-0.2, -0.15) is 8.78 Å². The second-order valence-corrected chi connectivity index (χ2v) is 10.2. The predicted molar refractivity (Wildman–Crippen MR) is 121 cm³/mol. The molecular weight excluding hydrogens is 466 g/mol. The summed E-state index contributed by atoms with van der Waals surface area (Å²) in [6.45, 7) is -2.19. The number of halogens is 2. The van der Waals surface area contributed by atoms with Crippen molar-refractivity contribution in [2.45, 2.75) is 50.6 Å². The van der Waals surface area contributed by atoms with Gasteiger partial charge in [0.05, 0.1) is 6.61 Å². The lowest BCUT2D eigenvalue weighted by atomic mass is 9.98. The van der Waals surface area contributed by atoms with Crippen LogP contribution in [0.4, 0.5) is 13.9 Å². The number of ether oxygens (including phenoxy) is 2. The Morgan fingerprint density at radius 1 is 1.21 bits per heavy atom. The van der Waals surface area contributed by atoms with Crippen molar-refractivity contribution >= 4 is 28.3 Å². The highest BCUT2D eigenvalue weighted by Gasteiger charge is 2.34. The Morgan fingerprint density at radius 2 is 2.00 bits per heavy atom. The lowest BCUT2D eigenvalue weighted by Crippen LogP contribution is -2.39. The first-order valence-electron chi connectivity index (χ1n) is 11.5. The minimum atomic E-state index is -2.95. The van der Waals surface area contributed by atoms with Gasteiger partial charge in [0.2, 0.25) is 16.9 Å². The van der Waals surface area contributed by atoms with Crippen LogP contribution in [0.2, 0.25) is 0 Å². The monoisotopic (exact) mass is 492 g/mol. The minimum Gasteiger partial charge on any atom is -0.489 e. The SMILES string of the molecule is CN(C(=O)CN1CC(c2ccc(OC(F)F)c(OCC3CC3)c2)CC1=O)c1nnc(C2CC2)s1. The first-order chi connectivity index (χ1) is 16.4. The molecule has 1 unspecified atom stereocenters. The molecule has 8 nitrogen and oxygen atoms in total. The number of amides is 2. The van der Waals surface area contributed by atoms with Gasteiger partial charge in [0.15, 0.2) is 11.5 Å². The molecule has 2 saturated carbocycles. The Bertz CT molecular complexity index is 1070. The maximum atomic E-state index is 12.8. The third-order valence-electron chi connectivity index (χ3n) is 6.38. The normalized spacial score (nSPS) is 20.2. The van der Waals surface area contributed by atoms with E-state index >= 15 is 0 Å². The number of aromatic nitrogens is 2. The van der Waals surface area contributed by atoms with Gasteiger partial charge in [-0.3, -0.25) is 14.5 Å². The standard InChI is InChI=1S/C23H26F2N4O4S/c1-28(23-27-26-21(34-23)14-4-5-14)20(31)11-29-10-16(9-19(29)30)15-6-7-17(33-22(24)25)18(8-15)32-12-13-2-3-13/h6-8,13-14,16,22H,2-5,9-12H2,1H3. The number of hydrogen-bond acceptors (Lipinski definition) is 7. The molecule has 1 aromatic heterocycles. The van der Waals surface area contributed by atoms with Crippen LogP contribution in [-0.2, 0) is 9.59 Å². The summed E-state index contributed by atoms with van der Waals surface area (Å²) in [5.41, 5.74) is 0.794. The smallest absolute Gasteiger partial charge is 0.387 e. The van der Waals surface area contributed by atoms with Crippen molar-refractivity contribution in [3.63, 3.8) is 0 Å². The second kappa shape index (κ2) is 9.44. The molecule has 1 saturated heterocycles. The Labute approximate surface area is 199 Å². The van der Waals surface area contributed by atoms with E-state index in [2.05, 4.69) is 14.9 Å². The third-order valence-corrected chi connectivity index (χ3v) is 7.55. The van der Waals surface area contributed by atoms with Crippen LogP contribution in [0.15, 0.2) is 18.2 Å². The van der Waals surface area contributed by atoms with E-state index in [-0.39, 0.29) is 42.2 Å². The van der Waals surface area contributed by atoms with Crippen molar-refractivity contribution < 1.29 is 27.8 Å². The molecule has 3 aliphatic rings. The van der Waals surface area contributed by atoms with Crippen LogP contribution in [0.5, 0.6) is 11.5 Å². The summed E-state index contributed by atoms with van der Waals surface area (Å²) in [6, 6.07) is 4.82. The molecule has 5 rings (SSSR count). The molecule has 0 bridgehead atoms. The fourth-order valence-electron chi connectivity index (χ4n) is 3.96. The van der Waals surface area contributed by atoms with Crippen LogP contribution >= 0.6 is 11.3 Å². The summed E-state index contributed by atoms with van der Waals surface area (Å²) in [5.74, 6) is 0.624. The van der Waals surface area contributed by atoms with Gasteiger partial charge < -0.3 is 14.4 Å². The van der Waals surface area contributed by atoms with Gasteiger partial charge in [-0.1, -0.05) is 17.4 Å². The number of alkyl halides is 2. The van der Waals surface area contributed by atoms with Crippen molar-refractivity contribution in [1.82, 2.24) is 15.1 Å². The lowest BCUT2D eigenvalue weighted by molar-refractivity contribution is -0.132. The number of benzene rings is 1. The van der Waals surface area contributed by atoms with Crippen LogP contribution in [0.25, 0.3) is 0 Å². The maximum Gasteiger partial charge on any atom is 0.387 e. The molecule has 0 spiro atoms. The number of nitrogens with zero attached hydrogens (tertiary/aromatic N) is 4. The zero-order chi connectivity index (χ0) is 23.8. The average molecular weight is 493 g/mol. The van der Waals surface area contributed by atoms with Gasteiger partial charge in [0, 0.05) is 31.8 Å². The summed E-state index contributed by atoms with van der Waals surface area (Å²) in [6.07, 6.45) is 4.59. The van der Waals surface area contributed by atoms with Crippen molar-refractivity contribution in [2.75, 3.05) is 31.6 Å². The van der Waals surface area contributed by atoms with E-state index in [9.17, 15) is 18.4 Å². The third kappa shape index (κ3) is 5.29. The van der Waals surface area contributed by atoms with E-state index in [0.717, 1.165) is 36.3 Å². The van der Waals surface area contributed by atoms with E-state index in [1.807, 2.05) is 0 Å². The lowest BCUT2D eigenvalue weighted by Gasteiger charge is -2.20. The van der Waals surface area contributed by atoms with Gasteiger partial charge in [-0.25, -0.2) is 0 Å². The number of carbonyl (C=O) groups is 2. The molecule has 0 radical (unpaired) electrons. The van der Waals surface area contributed by atoms with Crippen molar-refractivity contribution in [2.24, 2.45) is 5.92 Å². The van der Waals surface area contributed by atoms with Gasteiger partial charge in [-0.05, 0) is 49.3 Å². The molecule has 1 aromatic carbocycles. The van der Waals surface area contributed by atoms with Crippen LogP contribution in [0.3, 0.4) is 0 Å². The van der Waals surface area contributed by atoms with Gasteiger partial charge >= 0.3 is 6.61 Å². The summed E-state index contributed by atoms with van der Waals surface area (Å²) in [5, 5.41) is 9.77. The van der Waals surface area contributed by atoms with Crippen LogP contribution in [-0.4, -0.2) is 60.3 Å². The quantitative estimate of drug-likeness (QED) is 0.502. The highest BCUT2D eigenvalue weighted by Crippen LogP contribution is 2.42. The molecular formula is C23H26F2N4O4S. The van der Waals surface area contributed by atoms with E-state index < -0.39 is 6.61 Å². The van der Waals surface area contributed by atoms with Crippen molar-refractivity contribution in [3.8, 4) is 11.5 Å². The molecule has 11 heteroatoms. The number of hydrogen-bond donors (Lipinski definition) is 0. The summed E-state index contributed by atoms with van der Waals surface area (Å²) >= 11 is 1.41. The Hall–Kier alpha value is -2.82. The highest BCUT2D eigenvalue weighted by molar-refractivity contribution is 7.15. The summed E-state index contributed by atoms with van der Waals surface area (Å²) < 4.78 is 36.0. The van der Waals surface area contributed by atoms with Crippen LogP contribution in [0, 0.1) is 5.92 Å². The second-order valence-electron chi connectivity index (χ2n) is 9.16. The summed E-state index contributed by atoms with van der Waals surface area (Å²) in [7, 11) is 1.64. The Balaban J connectivity index is 1.23. The minimum absolute atomic E-state index is 0.0139. The Kier molecular flexibility index (Phi) is 6.37. The van der Waals surface area contributed by atoms with Crippen LogP contribution in [0.1, 0.15) is 54.5 Å².